The SMILES string of the molecule is CC(=O)O[C@H]1CCC23CC24CC[C@]2(C)[C@@H]([C@H](C)CCC(=O)O)CC[C@@]2(C)[C@@H]4CC[C@H]3C1(C)C. The second-order valence-corrected chi connectivity index (χ2v) is 14.0. The molecule has 0 saturated heterocycles. The lowest BCUT2D eigenvalue weighted by atomic mass is 9.41. The Morgan fingerprint density at radius 2 is 1.58 bits per heavy atom. The van der Waals surface area contributed by atoms with Gasteiger partial charge in [0.2, 0.25) is 0 Å². The number of carboxylic acids is 1. The van der Waals surface area contributed by atoms with Crippen molar-refractivity contribution in [1.29, 1.82) is 0 Å². The van der Waals surface area contributed by atoms with Gasteiger partial charge < -0.3 is 9.84 Å². The summed E-state index contributed by atoms with van der Waals surface area (Å²) in [4.78, 5) is 23.0. The molecule has 0 aromatic rings. The Balaban J connectivity index is 1.41. The summed E-state index contributed by atoms with van der Waals surface area (Å²) in [6.07, 6.45) is 12.7. The van der Waals surface area contributed by atoms with Crippen LogP contribution < -0.4 is 0 Å². The van der Waals surface area contributed by atoms with Crippen molar-refractivity contribution in [2.24, 2.45) is 50.7 Å². The molecule has 0 radical (unpaired) electrons. The third-order valence-corrected chi connectivity index (χ3v) is 12.9. The van der Waals surface area contributed by atoms with Crippen LogP contribution in [0.25, 0.3) is 0 Å². The van der Waals surface area contributed by atoms with E-state index in [0.717, 1.165) is 18.8 Å². The quantitative estimate of drug-likeness (QED) is 0.457. The van der Waals surface area contributed by atoms with Crippen LogP contribution in [-0.4, -0.2) is 23.1 Å². The van der Waals surface area contributed by atoms with Crippen molar-refractivity contribution in [3.8, 4) is 0 Å². The highest BCUT2D eigenvalue weighted by molar-refractivity contribution is 5.66. The maximum absolute atomic E-state index is 11.8. The molecule has 5 aliphatic carbocycles. The van der Waals surface area contributed by atoms with Crippen LogP contribution in [0, 0.1) is 50.7 Å². The first-order chi connectivity index (χ1) is 15.3. The summed E-state index contributed by atoms with van der Waals surface area (Å²) < 4.78 is 5.86. The van der Waals surface area contributed by atoms with Gasteiger partial charge in [0, 0.05) is 18.8 Å². The van der Waals surface area contributed by atoms with Crippen molar-refractivity contribution in [3.63, 3.8) is 0 Å². The third kappa shape index (κ3) is 2.94. The highest BCUT2D eigenvalue weighted by Crippen LogP contribution is 2.89. The minimum Gasteiger partial charge on any atom is -0.481 e. The highest BCUT2D eigenvalue weighted by Gasteiger charge is 2.82. The van der Waals surface area contributed by atoms with Crippen LogP contribution in [0.3, 0.4) is 0 Å². The molecule has 186 valence electrons. The number of carbonyl (C=O) groups excluding carboxylic acids is 1. The molecule has 0 aromatic carbocycles. The molecule has 5 fully saturated rings. The summed E-state index contributed by atoms with van der Waals surface area (Å²) in [6, 6.07) is 0. The van der Waals surface area contributed by atoms with Crippen molar-refractivity contribution in [3.05, 3.63) is 0 Å². The first-order valence-corrected chi connectivity index (χ1v) is 13.7. The second kappa shape index (κ2) is 7.23. The Hall–Kier alpha value is -1.06. The Morgan fingerprint density at radius 1 is 0.909 bits per heavy atom. The first kappa shape index (κ1) is 23.7. The van der Waals surface area contributed by atoms with E-state index in [2.05, 4.69) is 34.6 Å². The molecule has 0 amide bonds. The van der Waals surface area contributed by atoms with Crippen molar-refractivity contribution in [1.82, 2.24) is 0 Å². The topological polar surface area (TPSA) is 63.6 Å². The van der Waals surface area contributed by atoms with Crippen LogP contribution in [-0.2, 0) is 14.3 Å². The van der Waals surface area contributed by atoms with Gasteiger partial charge in [0.05, 0.1) is 0 Å². The summed E-state index contributed by atoms with van der Waals surface area (Å²) in [6.45, 7) is 13.9. The normalized spacial score (nSPS) is 50.2. The van der Waals surface area contributed by atoms with Gasteiger partial charge in [0.1, 0.15) is 6.10 Å². The Kier molecular flexibility index (Phi) is 5.19. The van der Waals surface area contributed by atoms with Crippen LogP contribution in [0.15, 0.2) is 0 Å². The zero-order valence-corrected chi connectivity index (χ0v) is 21.8. The Bertz CT molecular complexity index is 849. The summed E-state index contributed by atoms with van der Waals surface area (Å²) >= 11 is 0. The van der Waals surface area contributed by atoms with E-state index in [-0.39, 0.29) is 17.5 Å². The van der Waals surface area contributed by atoms with Gasteiger partial charge in [-0.2, -0.15) is 0 Å². The van der Waals surface area contributed by atoms with Crippen molar-refractivity contribution >= 4 is 11.9 Å². The fourth-order valence-electron chi connectivity index (χ4n) is 11.3. The van der Waals surface area contributed by atoms with Crippen LogP contribution in [0.1, 0.15) is 112 Å². The summed E-state index contributed by atoms with van der Waals surface area (Å²) in [5, 5.41) is 9.24. The lowest BCUT2D eigenvalue weighted by Crippen LogP contribution is -2.58. The third-order valence-electron chi connectivity index (χ3n) is 12.9. The fourth-order valence-corrected chi connectivity index (χ4v) is 11.3. The molecule has 2 unspecified atom stereocenters. The number of fused-ring (bicyclic) bond motifs is 2. The van der Waals surface area contributed by atoms with Crippen LogP contribution >= 0.6 is 0 Å². The number of esters is 1. The number of aliphatic carboxylic acids is 1. The molecule has 0 heterocycles. The van der Waals surface area contributed by atoms with Crippen LogP contribution in [0.4, 0.5) is 0 Å². The van der Waals surface area contributed by atoms with Gasteiger partial charge in [-0.15, -0.1) is 0 Å². The Labute approximate surface area is 200 Å². The molecular formula is C29H46O4. The maximum Gasteiger partial charge on any atom is 0.303 e. The Morgan fingerprint density at radius 3 is 2.24 bits per heavy atom. The molecule has 0 aliphatic heterocycles. The molecule has 4 heteroatoms. The molecule has 2 spiro atoms. The number of carboxylic acid groups (broad SMARTS) is 1. The minimum absolute atomic E-state index is 0.0591. The van der Waals surface area contributed by atoms with Crippen LogP contribution in [0.5, 0.6) is 0 Å². The molecule has 9 atom stereocenters. The zero-order chi connectivity index (χ0) is 24.0. The predicted molar refractivity (Wildman–Crippen MR) is 128 cm³/mol. The van der Waals surface area contributed by atoms with Gasteiger partial charge >= 0.3 is 11.9 Å². The molecule has 0 aromatic heterocycles. The molecule has 4 nitrogen and oxygen atoms in total. The van der Waals surface area contributed by atoms with Crippen molar-refractivity contribution in [2.45, 2.75) is 118 Å². The molecule has 5 saturated carbocycles. The van der Waals surface area contributed by atoms with Crippen LogP contribution in [0.2, 0.25) is 0 Å². The number of carbonyl (C=O) groups is 2. The smallest absolute Gasteiger partial charge is 0.303 e. The van der Waals surface area contributed by atoms with E-state index >= 15 is 0 Å². The van der Waals surface area contributed by atoms with Gasteiger partial charge in [-0.3, -0.25) is 9.59 Å². The number of ether oxygens (including phenoxy) is 1. The molecule has 1 N–H and O–H groups in total. The van der Waals surface area contributed by atoms with E-state index in [1.165, 1.54) is 51.4 Å². The van der Waals surface area contributed by atoms with Gasteiger partial charge in [-0.1, -0.05) is 34.6 Å². The van der Waals surface area contributed by atoms with Crippen molar-refractivity contribution < 1.29 is 19.4 Å². The van der Waals surface area contributed by atoms with Crippen molar-refractivity contribution in [2.75, 3.05) is 0 Å². The lowest BCUT2D eigenvalue weighted by molar-refractivity contribution is -0.181. The average Bonchev–Trinajstić information content (AvgIpc) is 3.31. The largest absolute Gasteiger partial charge is 0.481 e. The molecule has 5 aliphatic rings. The summed E-state index contributed by atoms with van der Waals surface area (Å²) in [7, 11) is 0. The molecule has 0 bridgehead atoms. The average molecular weight is 459 g/mol. The number of hydrogen-bond donors (Lipinski definition) is 1. The van der Waals surface area contributed by atoms with E-state index < -0.39 is 5.97 Å². The van der Waals surface area contributed by atoms with E-state index in [9.17, 15) is 14.7 Å². The second-order valence-electron chi connectivity index (χ2n) is 14.0. The predicted octanol–water partition coefficient (Wildman–Crippen LogP) is 6.86. The fraction of sp³-hybridized carbons (Fsp3) is 0.931. The molecule has 5 rings (SSSR count). The zero-order valence-electron chi connectivity index (χ0n) is 21.8. The monoisotopic (exact) mass is 458 g/mol. The van der Waals surface area contributed by atoms with Gasteiger partial charge in [0.25, 0.3) is 0 Å². The van der Waals surface area contributed by atoms with E-state index in [1.54, 1.807) is 6.92 Å². The van der Waals surface area contributed by atoms with E-state index in [0.29, 0.717) is 45.8 Å². The van der Waals surface area contributed by atoms with Gasteiger partial charge in [0.15, 0.2) is 0 Å². The standard InChI is InChI=1S/C29H46O4/c1-18(7-10-24(31)32)20-11-13-27(6)22-9-8-21-25(3,4)23(33-19(2)30)12-14-28(21)17-29(22,28)16-15-26(20,27)5/h18,20-23H,7-17H2,1-6H3,(H,31,32)/t18-,20-,21+,22+,23+,26-,27+,28?,29?/m1/s1. The van der Waals surface area contributed by atoms with E-state index in [1.807, 2.05) is 0 Å². The molecule has 33 heavy (non-hydrogen) atoms. The summed E-state index contributed by atoms with van der Waals surface area (Å²) in [5.74, 6) is 1.84. The number of hydrogen-bond acceptors (Lipinski definition) is 3. The first-order valence-electron chi connectivity index (χ1n) is 13.7. The summed E-state index contributed by atoms with van der Waals surface area (Å²) in [5.41, 5.74) is 1.74. The lowest BCUT2D eigenvalue weighted by Gasteiger charge is -2.63. The van der Waals surface area contributed by atoms with E-state index in [4.69, 9.17) is 4.74 Å². The van der Waals surface area contributed by atoms with Gasteiger partial charge in [-0.25, -0.2) is 0 Å². The maximum atomic E-state index is 11.8. The minimum atomic E-state index is -0.652. The number of rotatable bonds is 5. The van der Waals surface area contributed by atoms with Gasteiger partial charge in [-0.05, 0) is 110 Å². The molecular weight excluding hydrogens is 412 g/mol. The highest BCUT2D eigenvalue weighted by atomic mass is 16.5.